The first kappa shape index (κ1) is 14.4. The molecule has 1 aromatic carbocycles. The molecule has 1 atom stereocenters. The zero-order chi connectivity index (χ0) is 13.7. The number of alkyl halides is 1. The van der Waals surface area contributed by atoms with E-state index in [4.69, 9.17) is 23.2 Å². The Balaban J connectivity index is 3.03. The third kappa shape index (κ3) is 3.68. The van der Waals surface area contributed by atoms with Crippen LogP contribution in [0.15, 0.2) is 29.4 Å². The molecule has 0 aliphatic carbocycles. The summed E-state index contributed by atoms with van der Waals surface area (Å²) in [5.41, 5.74) is -0.0151. The zero-order valence-electron chi connectivity index (χ0n) is 9.17. The fourth-order valence-electron chi connectivity index (χ4n) is 1.15. The Morgan fingerprint density at radius 2 is 2.11 bits per heavy atom. The Kier molecular flexibility index (Phi) is 5.06. The number of benzene rings is 1. The van der Waals surface area contributed by atoms with Gasteiger partial charge in [-0.3, -0.25) is 10.1 Å². The van der Waals surface area contributed by atoms with E-state index in [2.05, 4.69) is 9.99 Å². The number of hydrogen-bond acceptors (Lipinski definition) is 5. The second kappa shape index (κ2) is 6.32. The van der Waals surface area contributed by atoms with Gasteiger partial charge in [0, 0.05) is 13.0 Å². The van der Waals surface area contributed by atoms with Crippen LogP contribution in [0.5, 0.6) is 0 Å². The maximum absolute atomic E-state index is 10.8. The van der Waals surface area contributed by atoms with Crippen LogP contribution in [0, 0.1) is 10.1 Å². The smallest absolute Gasteiger partial charge is 0.317 e. The zero-order valence-corrected chi connectivity index (χ0v) is 10.7. The van der Waals surface area contributed by atoms with Gasteiger partial charge in [-0.2, -0.15) is 0 Å². The molecule has 0 saturated carbocycles. The Morgan fingerprint density at radius 1 is 1.50 bits per heavy atom. The van der Waals surface area contributed by atoms with E-state index < -0.39 is 16.3 Å². The fourth-order valence-corrected chi connectivity index (χ4v) is 1.53. The number of hydrogen-bond donors (Lipinski definition) is 0. The summed E-state index contributed by atoms with van der Waals surface area (Å²) < 4.78 is 0. The molecule has 0 heterocycles. The highest BCUT2D eigenvalue weighted by Crippen LogP contribution is 2.31. The fraction of sp³-hybridized carbons (Fsp3) is 0.200. The monoisotopic (exact) mass is 290 g/mol. The number of para-hydroxylation sites is 1. The summed E-state index contributed by atoms with van der Waals surface area (Å²) in [5, 5.41) is 12.7. The SMILES string of the molecule is CC(=O)O/N=C(\Cl)C(Cl)c1ccccc1[N+](=O)[O-]. The van der Waals surface area contributed by atoms with Crippen LogP contribution in [0.1, 0.15) is 17.9 Å². The van der Waals surface area contributed by atoms with E-state index in [1.165, 1.54) is 18.2 Å². The molecule has 0 radical (unpaired) electrons. The Labute approximate surface area is 112 Å². The first-order valence-corrected chi connectivity index (χ1v) is 5.53. The second-order valence-electron chi connectivity index (χ2n) is 3.18. The summed E-state index contributed by atoms with van der Waals surface area (Å²) >= 11 is 11.6. The summed E-state index contributed by atoms with van der Waals surface area (Å²) in [6.07, 6.45) is 0. The molecule has 8 heteroatoms. The molecule has 0 aromatic heterocycles. The van der Waals surface area contributed by atoms with E-state index in [-0.39, 0.29) is 16.4 Å². The van der Waals surface area contributed by atoms with Gasteiger partial charge in [0.2, 0.25) is 0 Å². The predicted molar refractivity (Wildman–Crippen MR) is 66.7 cm³/mol. The Morgan fingerprint density at radius 3 is 2.67 bits per heavy atom. The Hall–Kier alpha value is -1.66. The van der Waals surface area contributed by atoms with E-state index >= 15 is 0 Å². The number of nitro groups is 1. The minimum atomic E-state index is -1.06. The van der Waals surface area contributed by atoms with Gasteiger partial charge in [-0.05, 0) is 0 Å². The van der Waals surface area contributed by atoms with Crippen LogP contribution >= 0.6 is 23.2 Å². The molecular weight excluding hydrogens is 283 g/mol. The summed E-state index contributed by atoms with van der Waals surface area (Å²) in [7, 11) is 0. The first-order chi connectivity index (χ1) is 8.43. The molecule has 1 unspecified atom stereocenters. The average molecular weight is 291 g/mol. The number of halogens is 2. The van der Waals surface area contributed by atoms with Gasteiger partial charge in [0.15, 0.2) is 5.17 Å². The number of nitrogens with zero attached hydrogens (tertiary/aromatic N) is 2. The van der Waals surface area contributed by atoms with Crippen LogP contribution in [0.3, 0.4) is 0 Å². The standard InChI is InChI=1S/C10H8Cl2N2O4/c1-6(15)18-13-10(12)9(11)7-4-2-3-5-8(7)14(16)17/h2-5,9H,1H3/b13-10-. The number of rotatable bonds is 4. The highest BCUT2D eigenvalue weighted by molar-refractivity contribution is 6.70. The van der Waals surface area contributed by atoms with E-state index in [1.807, 2.05) is 0 Å². The number of carbonyl (C=O) groups excluding carboxylic acids is 1. The van der Waals surface area contributed by atoms with Crippen molar-refractivity contribution in [2.45, 2.75) is 12.3 Å². The van der Waals surface area contributed by atoms with Crippen molar-refractivity contribution in [2.75, 3.05) is 0 Å². The third-order valence-electron chi connectivity index (χ3n) is 1.88. The van der Waals surface area contributed by atoms with Crippen LogP contribution in [0.25, 0.3) is 0 Å². The van der Waals surface area contributed by atoms with Crippen molar-refractivity contribution in [1.82, 2.24) is 0 Å². The molecule has 0 N–H and O–H groups in total. The predicted octanol–water partition coefficient (Wildman–Crippen LogP) is 2.99. The van der Waals surface area contributed by atoms with Crippen molar-refractivity contribution in [3.63, 3.8) is 0 Å². The molecule has 0 bridgehead atoms. The summed E-state index contributed by atoms with van der Waals surface area (Å²) in [6.45, 7) is 1.14. The lowest BCUT2D eigenvalue weighted by Gasteiger charge is -2.07. The molecule has 96 valence electrons. The van der Waals surface area contributed by atoms with Gasteiger partial charge >= 0.3 is 5.97 Å². The lowest BCUT2D eigenvalue weighted by atomic mass is 10.1. The minimum absolute atomic E-state index is 0.171. The minimum Gasteiger partial charge on any atom is -0.317 e. The van der Waals surface area contributed by atoms with Gasteiger partial charge in [-0.15, -0.1) is 11.6 Å². The maximum atomic E-state index is 10.8. The Bertz CT molecular complexity index is 504. The molecule has 0 aliphatic rings. The van der Waals surface area contributed by atoms with Gasteiger partial charge in [0.05, 0.1) is 10.5 Å². The molecule has 1 aromatic rings. The third-order valence-corrected chi connectivity index (χ3v) is 2.72. The van der Waals surface area contributed by atoms with Crippen LogP contribution in [0.2, 0.25) is 0 Å². The number of carbonyl (C=O) groups is 1. The molecule has 18 heavy (non-hydrogen) atoms. The highest BCUT2D eigenvalue weighted by atomic mass is 35.5. The highest BCUT2D eigenvalue weighted by Gasteiger charge is 2.23. The van der Waals surface area contributed by atoms with Crippen LogP contribution < -0.4 is 0 Å². The van der Waals surface area contributed by atoms with Gasteiger partial charge < -0.3 is 4.84 Å². The van der Waals surface area contributed by atoms with Crippen molar-refractivity contribution < 1.29 is 14.6 Å². The molecule has 0 amide bonds. The topological polar surface area (TPSA) is 81.8 Å². The van der Waals surface area contributed by atoms with E-state index in [0.29, 0.717) is 0 Å². The van der Waals surface area contributed by atoms with Crippen molar-refractivity contribution in [3.8, 4) is 0 Å². The number of nitro benzene ring substituents is 1. The first-order valence-electron chi connectivity index (χ1n) is 4.72. The van der Waals surface area contributed by atoms with Crippen molar-refractivity contribution >= 4 is 40.0 Å². The second-order valence-corrected chi connectivity index (χ2v) is 4.00. The van der Waals surface area contributed by atoms with Gasteiger partial charge in [0.1, 0.15) is 5.38 Å². The van der Waals surface area contributed by atoms with Crippen molar-refractivity contribution in [2.24, 2.45) is 5.16 Å². The van der Waals surface area contributed by atoms with Gasteiger partial charge in [-0.25, -0.2) is 4.79 Å². The van der Waals surface area contributed by atoms with Crippen LogP contribution in [0.4, 0.5) is 5.69 Å². The molecule has 0 spiro atoms. The van der Waals surface area contributed by atoms with E-state index in [0.717, 1.165) is 6.92 Å². The summed E-state index contributed by atoms with van der Waals surface area (Å²) in [4.78, 5) is 25.1. The van der Waals surface area contributed by atoms with Crippen molar-refractivity contribution in [3.05, 3.63) is 39.9 Å². The lowest BCUT2D eigenvalue weighted by molar-refractivity contribution is -0.385. The molecule has 1 rings (SSSR count). The summed E-state index contributed by atoms with van der Waals surface area (Å²) in [5.74, 6) is -0.667. The quantitative estimate of drug-likeness (QED) is 0.281. The number of oxime groups is 1. The molecular formula is C10H8Cl2N2O4. The summed E-state index contributed by atoms with van der Waals surface area (Å²) in [6, 6.07) is 5.82. The molecule has 0 saturated heterocycles. The van der Waals surface area contributed by atoms with Gasteiger partial charge in [0.25, 0.3) is 5.69 Å². The lowest BCUT2D eigenvalue weighted by Crippen LogP contribution is -2.05. The molecule has 0 fully saturated rings. The van der Waals surface area contributed by atoms with E-state index in [1.54, 1.807) is 6.07 Å². The maximum Gasteiger partial charge on any atom is 0.332 e. The van der Waals surface area contributed by atoms with E-state index in [9.17, 15) is 14.9 Å². The van der Waals surface area contributed by atoms with Crippen LogP contribution in [-0.4, -0.2) is 16.1 Å². The van der Waals surface area contributed by atoms with Gasteiger partial charge in [-0.1, -0.05) is 35.0 Å². The van der Waals surface area contributed by atoms with Crippen LogP contribution in [-0.2, 0) is 9.63 Å². The average Bonchev–Trinajstić information content (AvgIpc) is 2.34. The van der Waals surface area contributed by atoms with Crippen molar-refractivity contribution in [1.29, 1.82) is 0 Å². The largest absolute Gasteiger partial charge is 0.332 e. The molecule has 6 nitrogen and oxygen atoms in total. The molecule has 0 aliphatic heterocycles. The normalized spacial score (nSPS) is 12.9.